The lowest BCUT2D eigenvalue weighted by molar-refractivity contribution is 0.00671. The third-order valence-corrected chi connectivity index (χ3v) is 4.90. The topological polar surface area (TPSA) is 66.5 Å². The molecular weight excluding hydrogens is 326 g/mol. The molecule has 1 aliphatic rings. The predicted octanol–water partition coefficient (Wildman–Crippen LogP) is 2.36. The monoisotopic (exact) mass is 343 g/mol. The molecule has 0 spiro atoms. The van der Waals surface area contributed by atoms with Crippen LogP contribution in [0, 0.1) is 6.92 Å². The van der Waals surface area contributed by atoms with Crippen LogP contribution in [0.3, 0.4) is 0 Å². The van der Waals surface area contributed by atoms with Crippen LogP contribution in [-0.4, -0.2) is 37.8 Å². The van der Waals surface area contributed by atoms with E-state index in [1.54, 1.807) is 16.6 Å². The number of anilines is 1. The molecule has 3 heterocycles. The SMILES string of the molecule is CCc1c(C)nc2ncnn2c1N1CC(O)(c2ccc(Cl)cc2)C1. The Morgan fingerprint density at radius 1 is 1.25 bits per heavy atom. The minimum absolute atomic E-state index is 0.500. The van der Waals surface area contributed by atoms with Gasteiger partial charge in [0.05, 0.1) is 13.1 Å². The number of hydrogen-bond donors (Lipinski definition) is 1. The van der Waals surface area contributed by atoms with Crippen LogP contribution in [0.2, 0.25) is 5.02 Å². The lowest BCUT2D eigenvalue weighted by atomic mass is 9.86. The Balaban J connectivity index is 1.71. The first-order chi connectivity index (χ1) is 11.5. The van der Waals surface area contributed by atoms with E-state index in [2.05, 4.69) is 26.9 Å². The average molecular weight is 344 g/mol. The van der Waals surface area contributed by atoms with Crippen molar-refractivity contribution < 1.29 is 5.11 Å². The Morgan fingerprint density at radius 3 is 2.62 bits per heavy atom. The zero-order valence-corrected chi connectivity index (χ0v) is 14.3. The summed E-state index contributed by atoms with van der Waals surface area (Å²) >= 11 is 5.94. The summed E-state index contributed by atoms with van der Waals surface area (Å²) in [6.45, 7) is 5.09. The van der Waals surface area contributed by atoms with Gasteiger partial charge < -0.3 is 10.0 Å². The zero-order valence-electron chi connectivity index (χ0n) is 13.6. The maximum Gasteiger partial charge on any atom is 0.254 e. The van der Waals surface area contributed by atoms with E-state index in [1.807, 2.05) is 19.1 Å². The van der Waals surface area contributed by atoms with E-state index in [1.165, 1.54) is 6.33 Å². The van der Waals surface area contributed by atoms with Gasteiger partial charge in [0, 0.05) is 16.3 Å². The highest BCUT2D eigenvalue weighted by molar-refractivity contribution is 6.30. The summed E-state index contributed by atoms with van der Waals surface area (Å²) < 4.78 is 1.76. The number of hydrogen-bond acceptors (Lipinski definition) is 5. The minimum Gasteiger partial charge on any atom is -0.381 e. The van der Waals surface area contributed by atoms with Crippen molar-refractivity contribution in [3.63, 3.8) is 0 Å². The van der Waals surface area contributed by atoms with Gasteiger partial charge in [-0.3, -0.25) is 0 Å². The first-order valence-corrected chi connectivity index (χ1v) is 8.32. The van der Waals surface area contributed by atoms with Crippen molar-refractivity contribution in [3.05, 3.63) is 52.4 Å². The molecule has 6 nitrogen and oxygen atoms in total. The summed E-state index contributed by atoms with van der Waals surface area (Å²) in [5.41, 5.74) is 2.09. The van der Waals surface area contributed by atoms with Gasteiger partial charge in [0.1, 0.15) is 17.7 Å². The van der Waals surface area contributed by atoms with Crippen LogP contribution in [0.1, 0.15) is 23.7 Å². The van der Waals surface area contributed by atoms with Crippen LogP contribution in [0.5, 0.6) is 0 Å². The van der Waals surface area contributed by atoms with Crippen molar-refractivity contribution >= 4 is 23.2 Å². The molecule has 4 rings (SSSR count). The van der Waals surface area contributed by atoms with Gasteiger partial charge in [-0.15, -0.1) is 0 Å². The summed E-state index contributed by atoms with van der Waals surface area (Å²) in [5.74, 6) is 1.55. The Hall–Kier alpha value is -2.18. The molecule has 0 amide bonds. The summed E-state index contributed by atoms with van der Waals surface area (Å²) in [6.07, 6.45) is 2.36. The van der Waals surface area contributed by atoms with Crippen molar-refractivity contribution in [1.82, 2.24) is 19.6 Å². The van der Waals surface area contributed by atoms with Crippen LogP contribution in [0.4, 0.5) is 5.82 Å². The van der Waals surface area contributed by atoms with Crippen molar-refractivity contribution in [1.29, 1.82) is 0 Å². The zero-order chi connectivity index (χ0) is 16.9. The molecule has 1 aliphatic heterocycles. The number of halogens is 1. The van der Waals surface area contributed by atoms with Crippen LogP contribution < -0.4 is 4.90 Å². The predicted molar refractivity (Wildman–Crippen MR) is 92.5 cm³/mol. The van der Waals surface area contributed by atoms with Crippen LogP contribution in [-0.2, 0) is 12.0 Å². The molecule has 0 saturated carbocycles. The molecule has 0 aliphatic carbocycles. The Bertz CT molecular complexity index is 899. The van der Waals surface area contributed by atoms with Gasteiger partial charge >= 0.3 is 0 Å². The third kappa shape index (κ3) is 2.25. The molecular formula is C17H18ClN5O. The first kappa shape index (κ1) is 15.4. The molecule has 1 N–H and O–H groups in total. The fraction of sp³-hybridized carbons (Fsp3) is 0.353. The van der Waals surface area contributed by atoms with E-state index in [4.69, 9.17) is 11.6 Å². The highest BCUT2D eigenvalue weighted by Crippen LogP contribution is 2.37. The maximum absolute atomic E-state index is 10.9. The van der Waals surface area contributed by atoms with Crippen molar-refractivity contribution in [2.24, 2.45) is 0 Å². The summed E-state index contributed by atoms with van der Waals surface area (Å²) in [6, 6.07) is 7.37. The van der Waals surface area contributed by atoms with Crippen LogP contribution in [0.15, 0.2) is 30.6 Å². The second-order valence-corrected chi connectivity index (χ2v) is 6.66. The van der Waals surface area contributed by atoms with Gasteiger partial charge in [-0.2, -0.15) is 14.6 Å². The fourth-order valence-electron chi connectivity index (χ4n) is 3.38. The van der Waals surface area contributed by atoms with Crippen molar-refractivity contribution in [2.45, 2.75) is 25.9 Å². The van der Waals surface area contributed by atoms with Gasteiger partial charge in [-0.25, -0.2) is 4.98 Å². The van der Waals surface area contributed by atoms with E-state index < -0.39 is 5.60 Å². The van der Waals surface area contributed by atoms with E-state index >= 15 is 0 Å². The second-order valence-electron chi connectivity index (χ2n) is 6.22. The Morgan fingerprint density at radius 2 is 1.96 bits per heavy atom. The molecule has 1 saturated heterocycles. The number of aromatic nitrogens is 4. The molecule has 0 bridgehead atoms. The normalized spacial score (nSPS) is 16.4. The minimum atomic E-state index is -0.875. The first-order valence-electron chi connectivity index (χ1n) is 7.94. The molecule has 0 radical (unpaired) electrons. The number of aliphatic hydroxyl groups is 1. The lowest BCUT2D eigenvalue weighted by Crippen LogP contribution is -2.60. The lowest BCUT2D eigenvalue weighted by Gasteiger charge is -2.48. The van der Waals surface area contributed by atoms with E-state index in [0.717, 1.165) is 29.1 Å². The number of aryl methyl sites for hydroxylation is 1. The Labute approximate surface area is 144 Å². The standard InChI is InChI=1S/C17H18ClN5O/c1-3-14-11(2)21-16-19-10-20-23(16)15(14)22-8-17(24,9-22)12-4-6-13(18)7-5-12/h4-7,10,24H,3,8-9H2,1-2H3. The van der Waals surface area contributed by atoms with Gasteiger partial charge in [-0.1, -0.05) is 30.7 Å². The van der Waals surface area contributed by atoms with E-state index in [-0.39, 0.29) is 0 Å². The Kier molecular flexibility index (Phi) is 3.47. The number of rotatable bonds is 3. The number of fused-ring (bicyclic) bond motifs is 1. The third-order valence-electron chi connectivity index (χ3n) is 4.64. The largest absolute Gasteiger partial charge is 0.381 e. The number of β-amino-alcohol motifs (C(OH)–C–C–N with tert-alkyl or cyclic N) is 1. The molecule has 3 aromatic rings. The van der Waals surface area contributed by atoms with Crippen LogP contribution >= 0.6 is 11.6 Å². The smallest absolute Gasteiger partial charge is 0.254 e. The van der Waals surface area contributed by atoms with Gasteiger partial charge in [0.2, 0.25) is 0 Å². The molecule has 124 valence electrons. The summed E-state index contributed by atoms with van der Waals surface area (Å²) in [7, 11) is 0. The quantitative estimate of drug-likeness (QED) is 0.790. The molecule has 1 fully saturated rings. The van der Waals surface area contributed by atoms with Gasteiger partial charge in [-0.05, 0) is 31.0 Å². The van der Waals surface area contributed by atoms with Crippen molar-refractivity contribution in [2.75, 3.05) is 18.0 Å². The fourth-order valence-corrected chi connectivity index (χ4v) is 3.51. The molecule has 24 heavy (non-hydrogen) atoms. The molecule has 0 atom stereocenters. The molecule has 2 aromatic heterocycles. The molecule has 0 unspecified atom stereocenters. The maximum atomic E-state index is 10.9. The number of benzene rings is 1. The van der Waals surface area contributed by atoms with Crippen LogP contribution in [0.25, 0.3) is 5.78 Å². The molecule has 1 aromatic carbocycles. The van der Waals surface area contributed by atoms with Gasteiger partial charge in [0.15, 0.2) is 0 Å². The average Bonchev–Trinajstić information content (AvgIpc) is 2.99. The van der Waals surface area contributed by atoms with E-state index in [9.17, 15) is 5.11 Å². The summed E-state index contributed by atoms with van der Waals surface area (Å²) in [4.78, 5) is 10.8. The second kappa shape index (κ2) is 5.43. The number of nitrogens with zero attached hydrogens (tertiary/aromatic N) is 5. The van der Waals surface area contributed by atoms with Crippen molar-refractivity contribution in [3.8, 4) is 0 Å². The highest BCUT2D eigenvalue weighted by atomic mass is 35.5. The van der Waals surface area contributed by atoms with E-state index in [0.29, 0.717) is 23.9 Å². The highest BCUT2D eigenvalue weighted by Gasteiger charge is 2.44. The summed E-state index contributed by atoms with van der Waals surface area (Å²) in [5, 5.41) is 15.9. The molecule has 7 heteroatoms. The van der Waals surface area contributed by atoms with Gasteiger partial charge in [0.25, 0.3) is 5.78 Å².